The molecule has 1 radical (unpaired) electrons. The Labute approximate surface area is 342 Å². The maximum atomic E-state index is 6.25. The zero-order chi connectivity index (χ0) is 38.4. The Hall–Kier alpha value is -5.81. The van der Waals surface area contributed by atoms with E-state index in [-0.39, 0.29) is 20.1 Å². The molecule has 0 fully saturated rings. The van der Waals surface area contributed by atoms with E-state index >= 15 is 0 Å². The van der Waals surface area contributed by atoms with Gasteiger partial charge < -0.3 is 14.4 Å². The van der Waals surface area contributed by atoms with Crippen molar-refractivity contribution in [2.45, 2.75) is 55.4 Å². The average molecular weight is 907 g/mol. The molecule has 9 rings (SSSR count). The van der Waals surface area contributed by atoms with Crippen molar-refractivity contribution in [3.63, 3.8) is 0 Å². The number of pyridine rings is 4. The number of aromatic nitrogens is 4. The zero-order valence-electron chi connectivity index (χ0n) is 32.9. The first-order valence-electron chi connectivity index (χ1n) is 18.6. The molecule has 5 nitrogen and oxygen atoms in total. The summed E-state index contributed by atoms with van der Waals surface area (Å²) in [7, 11) is 0. The summed E-state index contributed by atoms with van der Waals surface area (Å²) in [6.45, 7) is 16.8. The molecule has 0 aliphatic rings. The van der Waals surface area contributed by atoms with Crippen molar-refractivity contribution >= 4 is 33.0 Å². The van der Waals surface area contributed by atoms with Crippen molar-refractivity contribution in [2.24, 2.45) is 0 Å². The number of aryl methyl sites for hydroxylation is 8. The largest absolute Gasteiger partial charge is 0.486 e. The van der Waals surface area contributed by atoms with E-state index < -0.39 is 0 Å². The van der Waals surface area contributed by atoms with Crippen LogP contribution in [0.25, 0.3) is 77.9 Å². The molecule has 279 valence electrons. The van der Waals surface area contributed by atoms with Crippen LogP contribution in [0.2, 0.25) is 0 Å². The van der Waals surface area contributed by atoms with Gasteiger partial charge in [-0.05, 0) is 129 Å². The fraction of sp³-hybridized carbons (Fsp3) is 0.160. The summed E-state index contributed by atoms with van der Waals surface area (Å²) in [5.74, 6) is 0. The van der Waals surface area contributed by atoms with Gasteiger partial charge in [0.05, 0.1) is 16.8 Å². The van der Waals surface area contributed by atoms with Gasteiger partial charge in [-0.2, -0.15) is 0 Å². The Bertz CT molecular complexity index is 2890. The third kappa shape index (κ3) is 7.43. The van der Waals surface area contributed by atoms with E-state index in [2.05, 4.69) is 143 Å². The molecule has 0 saturated carbocycles. The summed E-state index contributed by atoms with van der Waals surface area (Å²) >= 11 is 0. The molecule has 56 heavy (non-hydrogen) atoms. The number of furan rings is 1. The zero-order valence-corrected chi connectivity index (χ0v) is 35.3. The molecule has 0 aliphatic heterocycles. The smallest absolute Gasteiger partial charge is 0.216 e. The van der Waals surface area contributed by atoms with Crippen LogP contribution in [-0.2, 0) is 20.1 Å². The first-order valence-corrected chi connectivity index (χ1v) is 18.6. The van der Waals surface area contributed by atoms with E-state index in [0.29, 0.717) is 5.71 Å². The van der Waals surface area contributed by atoms with Gasteiger partial charge in [-0.1, -0.05) is 59.8 Å². The fourth-order valence-electron chi connectivity index (χ4n) is 7.21. The van der Waals surface area contributed by atoms with Crippen molar-refractivity contribution in [2.75, 3.05) is 0 Å². The number of hydrogen-bond acceptors (Lipinski definition) is 5. The second kappa shape index (κ2) is 15.7. The molecule has 0 saturated heterocycles. The van der Waals surface area contributed by atoms with Gasteiger partial charge in [0.2, 0.25) is 5.71 Å². The second-order valence-electron chi connectivity index (χ2n) is 14.6. The number of hydrogen-bond donors (Lipinski definition) is 0. The van der Waals surface area contributed by atoms with Gasteiger partial charge in [0.25, 0.3) is 0 Å². The van der Waals surface area contributed by atoms with E-state index in [0.717, 1.165) is 72.3 Å². The van der Waals surface area contributed by atoms with Crippen LogP contribution in [0, 0.1) is 67.5 Å². The van der Waals surface area contributed by atoms with Crippen molar-refractivity contribution in [1.82, 2.24) is 19.9 Å². The minimum atomic E-state index is 0. The minimum absolute atomic E-state index is 0. The molecule has 0 aliphatic carbocycles. The summed E-state index contributed by atoms with van der Waals surface area (Å²) in [6.07, 6.45) is 3.85. The molecule has 5 aromatic heterocycles. The Balaban J connectivity index is 0.000000253. The SMILES string of the molecule is Cc1c[c-]c(-c2cc(C)c(C)cn2)cc1.Cc1ccc2c(n1)oc1c(-c3cc(-c4cc5ccc(-c6c(C)cccc6C)nc5cc4C)c(C)cn3)[c-]ccc12.[Ir]. The van der Waals surface area contributed by atoms with Gasteiger partial charge in [0, 0.05) is 54.5 Å². The van der Waals surface area contributed by atoms with Crippen LogP contribution in [-0.4, -0.2) is 19.9 Å². The Morgan fingerprint density at radius 2 is 1.30 bits per heavy atom. The Morgan fingerprint density at radius 1 is 0.554 bits per heavy atom. The number of nitrogens with zero attached hydrogens (tertiary/aromatic N) is 4. The van der Waals surface area contributed by atoms with E-state index in [4.69, 9.17) is 14.4 Å². The molecule has 9 aromatic rings. The van der Waals surface area contributed by atoms with Crippen LogP contribution in [0.5, 0.6) is 0 Å². The number of rotatable bonds is 4. The summed E-state index contributed by atoms with van der Waals surface area (Å²) in [5.41, 5.74) is 20.1. The van der Waals surface area contributed by atoms with Gasteiger partial charge in [0.15, 0.2) is 0 Å². The topological polar surface area (TPSA) is 64.7 Å². The third-order valence-corrected chi connectivity index (χ3v) is 10.5. The number of fused-ring (bicyclic) bond motifs is 4. The van der Waals surface area contributed by atoms with Gasteiger partial charge in [0.1, 0.15) is 0 Å². The van der Waals surface area contributed by atoms with Crippen LogP contribution >= 0.6 is 0 Å². The van der Waals surface area contributed by atoms with Gasteiger partial charge in [-0.15, -0.1) is 53.6 Å². The average Bonchev–Trinajstić information content (AvgIpc) is 3.54. The molecule has 5 heterocycles. The van der Waals surface area contributed by atoms with Crippen molar-refractivity contribution in [1.29, 1.82) is 0 Å². The molecule has 6 heteroatoms. The third-order valence-electron chi connectivity index (χ3n) is 10.5. The maximum absolute atomic E-state index is 6.25. The van der Waals surface area contributed by atoms with Crippen molar-refractivity contribution in [3.05, 3.63) is 166 Å². The van der Waals surface area contributed by atoms with Gasteiger partial charge >= 0.3 is 0 Å². The molecular weight excluding hydrogens is 865 g/mol. The summed E-state index contributed by atoms with van der Waals surface area (Å²) in [6, 6.07) is 40.2. The van der Waals surface area contributed by atoms with Crippen LogP contribution < -0.4 is 0 Å². The summed E-state index contributed by atoms with van der Waals surface area (Å²) < 4.78 is 6.25. The Morgan fingerprint density at radius 3 is 2.05 bits per heavy atom. The van der Waals surface area contributed by atoms with E-state index in [1.165, 1.54) is 44.5 Å². The van der Waals surface area contributed by atoms with Crippen LogP contribution in [0.4, 0.5) is 0 Å². The summed E-state index contributed by atoms with van der Waals surface area (Å²) in [4.78, 5) is 18.9. The van der Waals surface area contributed by atoms with E-state index in [9.17, 15) is 0 Å². The van der Waals surface area contributed by atoms with Crippen LogP contribution in [0.15, 0.2) is 114 Å². The second-order valence-corrected chi connectivity index (χ2v) is 14.6. The van der Waals surface area contributed by atoms with Crippen LogP contribution in [0.3, 0.4) is 0 Å². The molecule has 0 atom stereocenters. The molecular formula is C50H42IrN4O-2. The normalized spacial score (nSPS) is 11.1. The first-order chi connectivity index (χ1) is 26.5. The fourth-order valence-corrected chi connectivity index (χ4v) is 7.21. The molecule has 0 unspecified atom stereocenters. The number of benzene rings is 4. The first kappa shape index (κ1) is 38.5. The predicted molar refractivity (Wildman–Crippen MR) is 226 cm³/mol. The van der Waals surface area contributed by atoms with Crippen molar-refractivity contribution < 1.29 is 24.5 Å². The van der Waals surface area contributed by atoms with Crippen molar-refractivity contribution in [3.8, 4) is 44.9 Å². The molecule has 4 aromatic carbocycles. The minimum Gasteiger partial charge on any atom is -0.486 e. The van der Waals surface area contributed by atoms with E-state index in [1.807, 2.05) is 43.6 Å². The molecule has 0 spiro atoms. The summed E-state index contributed by atoms with van der Waals surface area (Å²) in [5, 5.41) is 3.13. The molecule has 0 amide bonds. The Kier molecular flexibility index (Phi) is 10.8. The molecule has 0 N–H and O–H groups in total. The van der Waals surface area contributed by atoms with E-state index in [1.54, 1.807) is 0 Å². The van der Waals surface area contributed by atoms with Gasteiger partial charge in [-0.3, -0.25) is 0 Å². The quantitative estimate of drug-likeness (QED) is 0.165. The maximum Gasteiger partial charge on any atom is 0.216 e. The molecule has 0 bridgehead atoms. The predicted octanol–water partition coefficient (Wildman–Crippen LogP) is 12.7. The standard InChI is InChI=1S/C36H28N3O.C14H14N.Ir/c1-20-8-6-9-21(2)34(20)31-15-13-25-17-29(22(3)16-32(25)39-31)30-18-33(37-19-23(30)4)28-11-7-10-26-27-14-12-24(5)38-36(27)40-35(26)28;1-10-4-6-13(7-5-10)14-8-11(2)12(3)9-15-14;/h6-10,12-19H,1-5H3;4-6,8-9H,1-3H3;/q2*-1;. The van der Waals surface area contributed by atoms with Gasteiger partial charge in [-0.25, -0.2) is 9.97 Å². The van der Waals surface area contributed by atoms with Crippen LogP contribution in [0.1, 0.15) is 44.6 Å². The monoisotopic (exact) mass is 907 g/mol.